The fourth-order valence-corrected chi connectivity index (χ4v) is 11.4. The van der Waals surface area contributed by atoms with Gasteiger partial charge in [-0.25, -0.2) is 0 Å². The SMILES string of the molecule is C=C1C(C)COC12O[C@H]1C[C@@]3(C)[C@@H]4CC[C@H]5[C@H](C)C(=O)C=C[C@@]56C[C@@]46CC[C@]3(C)[C@H]1[C@H](C)[C@H]2O. The maximum absolute atomic E-state index is 12.5. The molecule has 2 aliphatic heterocycles. The molecule has 0 aromatic rings. The van der Waals surface area contributed by atoms with Gasteiger partial charge in [0.2, 0.25) is 5.79 Å². The highest BCUT2D eigenvalue weighted by Gasteiger charge is 2.82. The van der Waals surface area contributed by atoms with Gasteiger partial charge < -0.3 is 14.6 Å². The summed E-state index contributed by atoms with van der Waals surface area (Å²) in [7, 11) is 0. The number of hydrogen-bond donors (Lipinski definition) is 1. The van der Waals surface area contributed by atoms with E-state index < -0.39 is 11.9 Å². The number of rotatable bonds is 0. The molecule has 4 nitrogen and oxygen atoms in total. The van der Waals surface area contributed by atoms with Crippen molar-refractivity contribution in [3.63, 3.8) is 0 Å². The molecule has 13 atom stereocenters. The highest BCUT2D eigenvalue weighted by molar-refractivity contribution is 5.93. The second-order valence-corrected chi connectivity index (χ2v) is 14.1. The van der Waals surface area contributed by atoms with E-state index >= 15 is 0 Å². The summed E-state index contributed by atoms with van der Waals surface area (Å²) >= 11 is 0. The Kier molecular flexibility index (Phi) is 4.11. The summed E-state index contributed by atoms with van der Waals surface area (Å²) in [6.07, 6.45) is 10.9. The van der Waals surface area contributed by atoms with Gasteiger partial charge in [0.05, 0.1) is 12.7 Å². The van der Waals surface area contributed by atoms with E-state index in [0.717, 1.165) is 12.0 Å². The first kappa shape index (κ1) is 22.2. The lowest BCUT2D eigenvalue weighted by atomic mass is 9.43. The molecule has 3 spiro atoms. The van der Waals surface area contributed by atoms with Gasteiger partial charge >= 0.3 is 0 Å². The van der Waals surface area contributed by atoms with Gasteiger partial charge in [-0.15, -0.1) is 0 Å². The van der Waals surface area contributed by atoms with Crippen LogP contribution in [-0.2, 0) is 14.3 Å². The fraction of sp³-hybridized carbons (Fsp3) is 0.833. The van der Waals surface area contributed by atoms with Gasteiger partial charge in [-0.3, -0.25) is 4.79 Å². The Morgan fingerprint density at radius 3 is 2.59 bits per heavy atom. The van der Waals surface area contributed by atoms with Gasteiger partial charge in [-0.05, 0) is 95.5 Å². The fourth-order valence-electron chi connectivity index (χ4n) is 11.4. The molecular formula is C30H42O4. The van der Waals surface area contributed by atoms with Crippen molar-refractivity contribution >= 4 is 5.78 Å². The molecular weight excluding hydrogens is 424 g/mol. The average Bonchev–Trinajstić information content (AvgIpc) is 3.31. The van der Waals surface area contributed by atoms with Crippen LogP contribution in [0.2, 0.25) is 0 Å². The third-order valence-electron chi connectivity index (χ3n) is 13.4. The standard InChI is InChI=1S/C30H42O4/c1-16-14-33-30(19(16)4)25(32)18(3)24-22(34-30)13-27(6)23-8-7-20-17(2)21(31)9-10-28(20)15-29(23,28)12-11-26(24,27)5/h9-10,16-18,20,22-25,32H,4,7-8,11-15H2,1-3,5-6H3/t16?,17-,18-,20-,22-,23-,24-,25+,26+,27-,28+,29-,30?/m0/s1. The molecule has 0 aromatic carbocycles. The van der Waals surface area contributed by atoms with Crippen LogP contribution in [0.1, 0.15) is 73.1 Å². The molecule has 4 saturated carbocycles. The molecule has 7 aliphatic rings. The van der Waals surface area contributed by atoms with Gasteiger partial charge in [0.25, 0.3) is 0 Å². The van der Waals surface area contributed by atoms with E-state index in [-0.39, 0.29) is 40.1 Å². The van der Waals surface area contributed by atoms with E-state index in [4.69, 9.17) is 9.47 Å². The molecule has 0 amide bonds. The van der Waals surface area contributed by atoms with Crippen molar-refractivity contribution in [3.8, 4) is 0 Å². The van der Waals surface area contributed by atoms with Crippen LogP contribution in [0, 0.1) is 57.2 Å². The van der Waals surface area contributed by atoms with E-state index in [2.05, 4.69) is 47.3 Å². The van der Waals surface area contributed by atoms with Crippen LogP contribution in [-0.4, -0.2) is 35.5 Å². The molecule has 0 radical (unpaired) electrons. The molecule has 2 unspecified atom stereocenters. The summed E-state index contributed by atoms with van der Waals surface area (Å²) in [6, 6.07) is 0. The van der Waals surface area contributed by atoms with Crippen molar-refractivity contribution in [1.82, 2.24) is 0 Å². The predicted molar refractivity (Wildman–Crippen MR) is 130 cm³/mol. The van der Waals surface area contributed by atoms with Crippen LogP contribution in [0.3, 0.4) is 0 Å². The summed E-state index contributed by atoms with van der Waals surface area (Å²) in [5, 5.41) is 11.6. The molecule has 186 valence electrons. The van der Waals surface area contributed by atoms with Crippen LogP contribution in [0.25, 0.3) is 0 Å². The van der Waals surface area contributed by atoms with Crippen LogP contribution < -0.4 is 0 Å². The van der Waals surface area contributed by atoms with Gasteiger partial charge in [-0.1, -0.05) is 47.3 Å². The molecule has 0 bridgehead atoms. The van der Waals surface area contributed by atoms with Gasteiger partial charge in [0, 0.05) is 11.8 Å². The quantitative estimate of drug-likeness (QED) is 0.492. The maximum atomic E-state index is 12.5. The topological polar surface area (TPSA) is 55.8 Å². The molecule has 5 aliphatic carbocycles. The lowest BCUT2D eigenvalue weighted by Crippen LogP contribution is -2.61. The molecule has 0 aromatic heterocycles. The van der Waals surface area contributed by atoms with Gasteiger partial charge in [-0.2, -0.15) is 0 Å². The summed E-state index contributed by atoms with van der Waals surface area (Å²) in [4.78, 5) is 12.5. The van der Waals surface area contributed by atoms with Crippen LogP contribution in [0.4, 0.5) is 0 Å². The van der Waals surface area contributed by atoms with E-state index in [0.29, 0.717) is 35.6 Å². The van der Waals surface area contributed by atoms with Crippen molar-refractivity contribution in [2.45, 2.75) is 91.1 Å². The lowest BCUT2D eigenvalue weighted by molar-refractivity contribution is -0.313. The second-order valence-electron chi connectivity index (χ2n) is 14.1. The minimum atomic E-state index is -1.03. The summed E-state index contributed by atoms with van der Waals surface area (Å²) in [5.41, 5.74) is 1.81. The van der Waals surface area contributed by atoms with E-state index in [1.165, 1.54) is 32.1 Å². The highest BCUT2D eigenvalue weighted by atomic mass is 16.7. The number of fused-ring (bicyclic) bond motifs is 4. The average molecular weight is 467 g/mol. The van der Waals surface area contributed by atoms with Crippen LogP contribution in [0.15, 0.2) is 24.3 Å². The molecule has 2 saturated heterocycles. The van der Waals surface area contributed by atoms with Crippen molar-refractivity contribution in [3.05, 3.63) is 24.3 Å². The van der Waals surface area contributed by atoms with Gasteiger partial charge in [0.15, 0.2) is 5.78 Å². The third kappa shape index (κ3) is 2.11. The zero-order valence-electron chi connectivity index (χ0n) is 21.6. The van der Waals surface area contributed by atoms with E-state index in [1.54, 1.807) is 0 Å². The molecule has 34 heavy (non-hydrogen) atoms. The number of aliphatic hydroxyl groups excluding tert-OH is 1. The zero-order valence-corrected chi connectivity index (χ0v) is 21.6. The first-order valence-electron chi connectivity index (χ1n) is 13.9. The zero-order chi connectivity index (χ0) is 24.1. The number of allylic oxidation sites excluding steroid dienone is 2. The van der Waals surface area contributed by atoms with E-state index in [1.807, 2.05) is 6.08 Å². The smallest absolute Gasteiger partial charge is 0.218 e. The van der Waals surface area contributed by atoms with Crippen molar-refractivity contribution in [2.75, 3.05) is 6.61 Å². The Morgan fingerprint density at radius 2 is 1.88 bits per heavy atom. The predicted octanol–water partition coefficient (Wildman–Crippen LogP) is 5.31. The van der Waals surface area contributed by atoms with Crippen LogP contribution in [0.5, 0.6) is 0 Å². The lowest BCUT2D eigenvalue weighted by Gasteiger charge is -2.61. The van der Waals surface area contributed by atoms with Crippen molar-refractivity contribution < 1.29 is 19.4 Å². The Labute approximate surface area is 204 Å². The minimum absolute atomic E-state index is 0.0976. The monoisotopic (exact) mass is 466 g/mol. The molecule has 7 rings (SSSR count). The molecule has 6 fully saturated rings. The van der Waals surface area contributed by atoms with E-state index in [9.17, 15) is 9.90 Å². The third-order valence-corrected chi connectivity index (χ3v) is 13.4. The first-order valence-corrected chi connectivity index (χ1v) is 13.9. The Hall–Kier alpha value is -0.970. The number of hydrogen-bond acceptors (Lipinski definition) is 4. The Balaban J connectivity index is 1.28. The Morgan fingerprint density at radius 1 is 1.12 bits per heavy atom. The maximum Gasteiger partial charge on any atom is 0.218 e. The largest absolute Gasteiger partial charge is 0.387 e. The number of aliphatic hydroxyl groups is 1. The summed E-state index contributed by atoms with van der Waals surface area (Å²) in [5.74, 6) is 1.30. The number of ketones is 1. The van der Waals surface area contributed by atoms with Crippen molar-refractivity contribution in [2.24, 2.45) is 57.2 Å². The van der Waals surface area contributed by atoms with Crippen molar-refractivity contribution in [1.29, 1.82) is 0 Å². The van der Waals surface area contributed by atoms with Gasteiger partial charge in [0.1, 0.15) is 6.10 Å². The number of ether oxygens (including phenoxy) is 2. The Bertz CT molecular complexity index is 1020. The molecule has 1 N–H and O–H groups in total. The summed E-state index contributed by atoms with van der Waals surface area (Å²) in [6.45, 7) is 16.5. The second kappa shape index (κ2) is 6.29. The summed E-state index contributed by atoms with van der Waals surface area (Å²) < 4.78 is 13.1. The minimum Gasteiger partial charge on any atom is -0.387 e. The van der Waals surface area contributed by atoms with Crippen LogP contribution >= 0.6 is 0 Å². The number of carbonyl (C=O) groups is 1. The first-order chi connectivity index (χ1) is 16.0. The number of carbonyl (C=O) groups excluding carboxylic acids is 1. The normalized spacial score (nSPS) is 63.7. The highest BCUT2D eigenvalue weighted by Crippen LogP contribution is 2.87. The molecule has 4 heteroatoms. The molecule has 2 heterocycles.